The Morgan fingerprint density at radius 1 is 1.42 bits per heavy atom. The molecule has 0 atom stereocenters. The minimum Gasteiger partial charge on any atom is -0.492 e. The fourth-order valence-electron chi connectivity index (χ4n) is 1.64. The number of benzene rings is 1. The van der Waals surface area contributed by atoms with Crippen molar-refractivity contribution in [3.05, 3.63) is 29.8 Å². The van der Waals surface area contributed by atoms with Crippen LogP contribution in [0.25, 0.3) is 0 Å². The van der Waals surface area contributed by atoms with Gasteiger partial charge in [-0.05, 0) is 37.6 Å². The molecule has 1 rings (SSSR count). The summed E-state index contributed by atoms with van der Waals surface area (Å²) in [5, 5.41) is 3.10. The number of ether oxygens (including phenoxy) is 1. The molecule has 1 N–H and O–H groups in total. The second kappa shape index (κ2) is 8.53. The van der Waals surface area contributed by atoms with Crippen LogP contribution in [0.5, 0.6) is 5.75 Å². The van der Waals surface area contributed by atoms with Gasteiger partial charge in [-0.25, -0.2) is 0 Å². The molecular weight excluding hydrogens is 240 g/mol. The average Bonchev–Trinajstić information content (AvgIpc) is 2.39. The summed E-state index contributed by atoms with van der Waals surface area (Å²) in [6, 6.07) is 7.92. The van der Waals surface area contributed by atoms with Crippen LogP contribution in [0.15, 0.2) is 24.3 Å². The lowest BCUT2D eigenvalue weighted by molar-refractivity contribution is -0.129. The van der Waals surface area contributed by atoms with E-state index < -0.39 is 0 Å². The number of carbonyl (C=O) groups excluding carboxylic acids is 1. The smallest absolute Gasteiger partial charge is 0.236 e. The molecular formula is C15H24N2O2. The number of aryl methyl sites for hydroxylation is 1. The SMILES string of the molecule is CCCNCC(=O)N(C)CCOc1cccc(C)c1. The van der Waals surface area contributed by atoms with Crippen molar-refractivity contribution in [2.75, 3.05) is 33.3 Å². The molecule has 0 bridgehead atoms. The Labute approximate surface area is 115 Å². The van der Waals surface area contributed by atoms with Crippen molar-refractivity contribution in [1.82, 2.24) is 10.2 Å². The van der Waals surface area contributed by atoms with Gasteiger partial charge in [0.1, 0.15) is 12.4 Å². The molecule has 0 unspecified atom stereocenters. The number of carbonyl (C=O) groups is 1. The average molecular weight is 264 g/mol. The van der Waals surface area contributed by atoms with Gasteiger partial charge in [-0.3, -0.25) is 4.79 Å². The van der Waals surface area contributed by atoms with Crippen LogP contribution in [0.1, 0.15) is 18.9 Å². The Kier molecular flexibility index (Phi) is 6.97. The number of hydrogen-bond donors (Lipinski definition) is 1. The molecule has 0 aliphatic carbocycles. The summed E-state index contributed by atoms with van der Waals surface area (Å²) in [6.07, 6.45) is 1.04. The zero-order valence-corrected chi connectivity index (χ0v) is 12.1. The molecule has 0 radical (unpaired) electrons. The summed E-state index contributed by atoms with van der Waals surface area (Å²) < 4.78 is 5.62. The first-order valence-electron chi connectivity index (χ1n) is 6.77. The topological polar surface area (TPSA) is 41.6 Å². The molecule has 4 heteroatoms. The Morgan fingerprint density at radius 3 is 2.89 bits per heavy atom. The highest BCUT2D eigenvalue weighted by atomic mass is 16.5. The number of rotatable bonds is 8. The van der Waals surface area contributed by atoms with E-state index in [9.17, 15) is 4.79 Å². The summed E-state index contributed by atoms with van der Waals surface area (Å²) in [4.78, 5) is 13.4. The van der Waals surface area contributed by atoms with E-state index in [1.807, 2.05) is 31.2 Å². The van der Waals surface area contributed by atoms with E-state index in [-0.39, 0.29) is 5.91 Å². The largest absolute Gasteiger partial charge is 0.492 e. The van der Waals surface area contributed by atoms with Gasteiger partial charge in [0.05, 0.1) is 13.1 Å². The number of hydrogen-bond acceptors (Lipinski definition) is 3. The highest BCUT2D eigenvalue weighted by Crippen LogP contribution is 2.11. The molecule has 4 nitrogen and oxygen atoms in total. The lowest BCUT2D eigenvalue weighted by atomic mass is 10.2. The third kappa shape index (κ3) is 6.25. The predicted octanol–water partition coefficient (Wildman–Crippen LogP) is 1.83. The van der Waals surface area contributed by atoms with E-state index in [2.05, 4.69) is 12.2 Å². The van der Waals surface area contributed by atoms with E-state index in [0.717, 1.165) is 18.7 Å². The Morgan fingerprint density at radius 2 is 2.21 bits per heavy atom. The predicted molar refractivity (Wildman–Crippen MR) is 77.5 cm³/mol. The van der Waals surface area contributed by atoms with Crippen molar-refractivity contribution in [2.24, 2.45) is 0 Å². The number of nitrogens with one attached hydrogen (secondary N) is 1. The Balaban J connectivity index is 2.23. The summed E-state index contributed by atoms with van der Waals surface area (Å²) in [7, 11) is 1.80. The van der Waals surface area contributed by atoms with Crippen LogP contribution < -0.4 is 10.1 Å². The van der Waals surface area contributed by atoms with Crippen LogP contribution in [0.3, 0.4) is 0 Å². The van der Waals surface area contributed by atoms with Gasteiger partial charge >= 0.3 is 0 Å². The van der Waals surface area contributed by atoms with Crippen molar-refractivity contribution < 1.29 is 9.53 Å². The summed E-state index contributed by atoms with van der Waals surface area (Å²) in [5.41, 5.74) is 1.17. The van der Waals surface area contributed by atoms with Crippen molar-refractivity contribution in [3.63, 3.8) is 0 Å². The second-order valence-electron chi connectivity index (χ2n) is 4.66. The molecule has 0 saturated carbocycles. The van der Waals surface area contributed by atoms with E-state index in [1.165, 1.54) is 5.56 Å². The van der Waals surface area contributed by atoms with E-state index in [0.29, 0.717) is 19.7 Å². The van der Waals surface area contributed by atoms with Crippen LogP contribution in [0.2, 0.25) is 0 Å². The maximum atomic E-state index is 11.7. The molecule has 0 fully saturated rings. The van der Waals surface area contributed by atoms with Gasteiger partial charge in [0.15, 0.2) is 0 Å². The molecule has 0 saturated heterocycles. The standard InChI is InChI=1S/C15H24N2O2/c1-4-8-16-12-15(18)17(3)9-10-19-14-7-5-6-13(2)11-14/h5-7,11,16H,4,8-10,12H2,1-3H3. The quantitative estimate of drug-likeness (QED) is 0.728. The summed E-state index contributed by atoms with van der Waals surface area (Å²) >= 11 is 0. The van der Waals surface area contributed by atoms with Gasteiger partial charge in [-0.1, -0.05) is 19.1 Å². The molecule has 0 aromatic heterocycles. The van der Waals surface area contributed by atoms with Crippen LogP contribution in [0, 0.1) is 6.92 Å². The summed E-state index contributed by atoms with van der Waals surface area (Å²) in [5.74, 6) is 0.950. The molecule has 1 aromatic rings. The highest BCUT2D eigenvalue weighted by molar-refractivity contribution is 5.77. The minimum absolute atomic E-state index is 0.0984. The van der Waals surface area contributed by atoms with Crippen LogP contribution in [-0.4, -0.2) is 44.1 Å². The zero-order chi connectivity index (χ0) is 14.1. The number of likely N-dealkylation sites (N-methyl/N-ethyl adjacent to an activating group) is 1. The molecule has 1 aromatic carbocycles. The number of nitrogens with zero attached hydrogens (tertiary/aromatic N) is 1. The normalized spacial score (nSPS) is 10.3. The molecule has 106 valence electrons. The van der Waals surface area contributed by atoms with Crippen molar-refractivity contribution in [3.8, 4) is 5.75 Å². The first kappa shape index (κ1) is 15.5. The fourth-order valence-corrected chi connectivity index (χ4v) is 1.64. The van der Waals surface area contributed by atoms with Gasteiger partial charge in [-0.15, -0.1) is 0 Å². The van der Waals surface area contributed by atoms with Gasteiger partial charge in [-0.2, -0.15) is 0 Å². The highest BCUT2D eigenvalue weighted by Gasteiger charge is 2.07. The van der Waals surface area contributed by atoms with Crippen molar-refractivity contribution in [1.29, 1.82) is 0 Å². The van der Waals surface area contributed by atoms with E-state index in [4.69, 9.17) is 4.74 Å². The molecule has 0 heterocycles. The van der Waals surface area contributed by atoms with Gasteiger partial charge in [0, 0.05) is 7.05 Å². The number of amides is 1. The minimum atomic E-state index is 0.0984. The van der Waals surface area contributed by atoms with Crippen LogP contribution in [0.4, 0.5) is 0 Å². The van der Waals surface area contributed by atoms with Crippen LogP contribution in [-0.2, 0) is 4.79 Å². The molecule has 0 spiro atoms. The third-order valence-electron chi connectivity index (χ3n) is 2.81. The zero-order valence-electron chi connectivity index (χ0n) is 12.1. The van der Waals surface area contributed by atoms with Crippen molar-refractivity contribution >= 4 is 5.91 Å². The molecule has 0 aliphatic rings. The first-order valence-corrected chi connectivity index (χ1v) is 6.77. The Hall–Kier alpha value is -1.55. The Bertz CT molecular complexity index is 393. The maximum absolute atomic E-state index is 11.7. The second-order valence-corrected chi connectivity index (χ2v) is 4.66. The van der Waals surface area contributed by atoms with Gasteiger partial charge in [0.2, 0.25) is 5.91 Å². The monoisotopic (exact) mass is 264 g/mol. The van der Waals surface area contributed by atoms with E-state index >= 15 is 0 Å². The first-order chi connectivity index (χ1) is 9.13. The lowest BCUT2D eigenvalue weighted by Gasteiger charge is -2.17. The molecule has 1 amide bonds. The van der Waals surface area contributed by atoms with Gasteiger partial charge in [0.25, 0.3) is 0 Å². The summed E-state index contributed by atoms with van der Waals surface area (Å²) in [6.45, 7) is 6.49. The van der Waals surface area contributed by atoms with Gasteiger partial charge < -0.3 is 15.0 Å². The third-order valence-corrected chi connectivity index (χ3v) is 2.81. The maximum Gasteiger partial charge on any atom is 0.236 e. The fraction of sp³-hybridized carbons (Fsp3) is 0.533. The lowest BCUT2D eigenvalue weighted by Crippen LogP contribution is -2.37. The van der Waals surface area contributed by atoms with E-state index in [1.54, 1.807) is 11.9 Å². The molecule has 0 aliphatic heterocycles. The van der Waals surface area contributed by atoms with Crippen LogP contribution >= 0.6 is 0 Å². The molecule has 19 heavy (non-hydrogen) atoms. The van der Waals surface area contributed by atoms with Crippen molar-refractivity contribution in [2.45, 2.75) is 20.3 Å².